The largest absolute Gasteiger partial charge is 0.444 e. The molecule has 3 heterocycles. The highest BCUT2D eigenvalue weighted by atomic mass is 19.1. The maximum atomic E-state index is 16.4. The molecule has 0 radical (unpaired) electrons. The van der Waals surface area contributed by atoms with E-state index in [4.69, 9.17) is 4.74 Å². The average molecular weight is 522 g/mol. The van der Waals surface area contributed by atoms with Crippen molar-refractivity contribution in [3.05, 3.63) is 46.9 Å². The van der Waals surface area contributed by atoms with Gasteiger partial charge in [-0.25, -0.2) is 9.18 Å². The minimum atomic E-state index is -0.587. The molecule has 0 bridgehead atoms. The van der Waals surface area contributed by atoms with E-state index in [2.05, 4.69) is 10.3 Å². The van der Waals surface area contributed by atoms with Gasteiger partial charge in [-0.3, -0.25) is 19.9 Å². The summed E-state index contributed by atoms with van der Waals surface area (Å²) >= 11 is 0. The van der Waals surface area contributed by atoms with Crippen LogP contribution in [0.1, 0.15) is 88.5 Å². The lowest BCUT2D eigenvalue weighted by atomic mass is 9.65. The number of carbonyl (C=O) groups is 3. The molecule has 38 heavy (non-hydrogen) atoms. The van der Waals surface area contributed by atoms with E-state index < -0.39 is 11.5 Å². The number of carbonyl (C=O) groups excluding carboxylic acids is 3. The van der Waals surface area contributed by atoms with Crippen LogP contribution in [0.3, 0.4) is 0 Å². The molecular weight excluding hydrogens is 485 g/mol. The molecule has 202 valence electrons. The van der Waals surface area contributed by atoms with Crippen LogP contribution in [0, 0.1) is 18.2 Å². The number of nitrogens with one attached hydrogen (secondary N) is 1. The second-order valence-electron chi connectivity index (χ2n) is 12.0. The molecule has 1 saturated heterocycles. The van der Waals surface area contributed by atoms with E-state index in [0.717, 1.165) is 37.7 Å². The fourth-order valence-electron chi connectivity index (χ4n) is 6.32. The van der Waals surface area contributed by atoms with E-state index in [-0.39, 0.29) is 35.6 Å². The number of fused-ring (bicyclic) bond motifs is 1. The van der Waals surface area contributed by atoms with Gasteiger partial charge in [0.1, 0.15) is 11.4 Å². The first-order chi connectivity index (χ1) is 18.0. The number of hydrogen-bond acceptors (Lipinski definition) is 5. The molecule has 3 amide bonds. The van der Waals surface area contributed by atoms with E-state index >= 15 is 4.39 Å². The molecule has 1 atom stereocenters. The van der Waals surface area contributed by atoms with Crippen molar-refractivity contribution >= 4 is 34.4 Å². The van der Waals surface area contributed by atoms with E-state index in [9.17, 15) is 14.4 Å². The van der Waals surface area contributed by atoms with Crippen molar-refractivity contribution in [2.75, 3.05) is 13.1 Å². The van der Waals surface area contributed by atoms with Crippen LogP contribution < -0.4 is 5.32 Å². The number of ether oxygens (including phenoxy) is 1. The first-order valence-electron chi connectivity index (χ1n) is 13.6. The Labute approximate surface area is 222 Å². The third-order valence-corrected chi connectivity index (χ3v) is 8.11. The quantitative estimate of drug-likeness (QED) is 0.506. The fourth-order valence-corrected chi connectivity index (χ4v) is 6.32. The number of amides is 3. The number of aryl methyl sites for hydroxylation is 1. The Balaban J connectivity index is 1.55. The third-order valence-electron chi connectivity index (χ3n) is 8.11. The Bertz CT molecular complexity index is 1340. The molecule has 1 spiro atoms. The van der Waals surface area contributed by atoms with Gasteiger partial charge >= 0.3 is 6.09 Å². The summed E-state index contributed by atoms with van der Waals surface area (Å²) in [6.07, 6.45) is 7.21. The first kappa shape index (κ1) is 26.3. The van der Waals surface area contributed by atoms with Crippen LogP contribution in [0.5, 0.6) is 0 Å². The minimum absolute atomic E-state index is 0.250. The number of nitrogens with zero attached hydrogens (tertiary/aromatic N) is 2. The molecular formula is C30H36FN3O4. The van der Waals surface area contributed by atoms with Gasteiger partial charge in [0.05, 0.1) is 11.4 Å². The Kier molecular flexibility index (Phi) is 6.78. The van der Waals surface area contributed by atoms with Crippen molar-refractivity contribution in [3.63, 3.8) is 0 Å². The van der Waals surface area contributed by atoms with Crippen molar-refractivity contribution in [2.24, 2.45) is 5.41 Å². The highest BCUT2D eigenvalue weighted by Gasteiger charge is 2.43. The van der Waals surface area contributed by atoms with Crippen molar-refractivity contribution in [1.29, 1.82) is 0 Å². The zero-order chi connectivity index (χ0) is 27.2. The van der Waals surface area contributed by atoms with Gasteiger partial charge in [-0.1, -0.05) is 25.3 Å². The molecule has 1 saturated carbocycles. The lowest BCUT2D eigenvalue weighted by Gasteiger charge is -2.46. The SMILES string of the molecule is Cc1nc2ccc(C3=CCN(C(=O)OC(C)(C)C)CC34CCCCC4)c(F)c2cc1C1CCC(=O)NC1=O. The van der Waals surface area contributed by atoms with Crippen molar-refractivity contribution in [3.8, 4) is 0 Å². The Morgan fingerprint density at radius 3 is 2.61 bits per heavy atom. The Hall–Kier alpha value is -3.29. The summed E-state index contributed by atoms with van der Waals surface area (Å²) in [6, 6.07) is 5.38. The smallest absolute Gasteiger partial charge is 0.410 e. The van der Waals surface area contributed by atoms with Crippen molar-refractivity contribution in [1.82, 2.24) is 15.2 Å². The van der Waals surface area contributed by atoms with Crippen LogP contribution in [0.2, 0.25) is 0 Å². The zero-order valence-electron chi connectivity index (χ0n) is 22.7. The monoisotopic (exact) mass is 521 g/mol. The number of aromatic nitrogens is 1. The summed E-state index contributed by atoms with van der Waals surface area (Å²) < 4.78 is 22.0. The summed E-state index contributed by atoms with van der Waals surface area (Å²) in [5, 5.41) is 2.77. The zero-order valence-corrected chi connectivity index (χ0v) is 22.7. The normalized spacial score (nSPS) is 21.9. The number of piperidine rings is 1. The Morgan fingerprint density at radius 1 is 1.18 bits per heavy atom. The molecule has 7 nitrogen and oxygen atoms in total. The second-order valence-corrected chi connectivity index (χ2v) is 12.0. The van der Waals surface area contributed by atoms with Crippen LogP contribution >= 0.6 is 0 Å². The van der Waals surface area contributed by atoms with Gasteiger partial charge in [0.2, 0.25) is 11.8 Å². The van der Waals surface area contributed by atoms with Crippen LogP contribution in [-0.2, 0) is 14.3 Å². The number of pyridine rings is 1. The lowest BCUT2D eigenvalue weighted by Crippen LogP contribution is -2.48. The maximum absolute atomic E-state index is 16.4. The lowest BCUT2D eigenvalue weighted by molar-refractivity contribution is -0.134. The summed E-state index contributed by atoms with van der Waals surface area (Å²) in [6.45, 7) is 8.24. The molecule has 1 aromatic heterocycles. The van der Waals surface area contributed by atoms with Gasteiger partial charge < -0.3 is 9.64 Å². The average Bonchev–Trinajstić information content (AvgIpc) is 2.84. The van der Waals surface area contributed by atoms with E-state index in [0.29, 0.717) is 47.2 Å². The summed E-state index contributed by atoms with van der Waals surface area (Å²) in [4.78, 5) is 43.5. The summed E-state index contributed by atoms with van der Waals surface area (Å²) in [7, 11) is 0. The van der Waals surface area contributed by atoms with Gasteiger partial charge in [0.15, 0.2) is 0 Å². The van der Waals surface area contributed by atoms with Crippen LogP contribution in [0.4, 0.5) is 9.18 Å². The molecule has 1 aromatic carbocycles. The molecule has 2 aliphatic heterocycles. The van der Waals surface area contributed by atoms with Crippen molar-refractivity contribution < 1.29 is 23.5 Å². The molecule has 1 aliphatic carbocycles. The summed E-state index contributed by atoms with van der Waals surface area (Å²) in [5.41, 5.74) is 2.39. The minimum Gasteiger partial charge on any atom is -0.444 e. The van der Waals surface area contributed by atoms with Gasteiger partial charge in [0, 0.05) is 41.6 Å². The molecule has 3 aliphatic rings. The van der Waals surface area contributed by atoms with E-state index in [1.807, 2.05) is 39.8 Å². The highest BCUT2D eigenvalue weighted by Crippen LogP contribution is 2.50. The van der Waals surface area contributed by atoms with Crippen LogP contribution in [0.25, 0.3) is 16.5 Å². The van der Waals surface area contributed by atoms with Gasteiger partial charge in [0.25, 0.3) is 0 Å². The van der Waals surface area contributed by atoms with Gasteiger partial charge in [-0.15, -0.1) is 0 Å². The van der Waals surface area contributed by atoms with Gasteiger partial charge in [-0.2, -0.15) is 0 Å². The second kappa shape index (κ2) is 9.79. The molecule has 8 heteroatoms. The number of imide groups is 1. The Morgan fingerprint density at radius 2 is 1.92 bits per heavy atom. The number of halogens is 1. The van der Waals surface area contributed by atoms with E-state index in [1.54, 1.807) is 17.0 Å². The van der Waals surface area contributed by atoms with Crippen molar-refractivity contribution in [2.45, 2.75) is 84.2 Å². The maximum Gasteiger partial charge on any atom is 0.410 e. The standard InChI is InChI=1S/C30H36FN3O4/c1-18-21(19-9-11-25(35)33-27(19)36)16-22-24(32-18)10-8-20(26(22)31)23-12-15-34(28(37)38-29(2,3)4)17-30(23)13-6-5-7-14-30/h8,10,12,16,19H,5-7,9,11,13-15,17H2,1-4H3,(H,33,35,36). The summed E-state index contributed by atoms with van der Waals surface area (Å²) in [5.74, 6) is -1.53. The molecule has 1 N–H and O–H groups in total. The topological polar surface area (TPSA) is 88.6 Å². The van der Waals surface area contributed by atoms with E-state index in [1.165, 1.54) is 0 Å². The number of hydrogen-bond donors (Lipinski definition) is 1. The number of benzene rings is 1. The molecule has 1 unspecified atom stereocenters. The fraction of sp³-hybridized carbons (Fsp3) is 0.533. The predicted molar refractivity (Wildman–Crippen MR) is 143 cm³/mol. The third kappa shape index (κ3) is 4.93. The molecule has 5 rings (SSSR count). The number of rotatable bonds is 2. The molecule has 2 aromatic rings. The van der Waals surface area contributed by atoms with Crippen LogP contribution in [0.15, 0.2) is 24.3 Å². The first-order valence-corrected chi connectivity index (χ1v) is 13.6. The predicted octanol–water partition coefficient (Wildman–Crippen LogP) is 5.79. The van der Waals surface area contributed by atoms with Crippen LogP contribution in [-0.4, -0.2) is 46.5 Å². The van der Waals surface area contributed by atoms with Gasteiger partial charge in [-0.05, 0) is 76.3 Å². The molecule has 2 fully saturated rings. The highest BCUT2D eigenvalue weighted by molar-refractivity contribution is 6.01.